The Balaban J connectivity index is 0.00000320. The number of nitrogens with zero attached hydrogens (tertiary/aromatic N) is 3. The fraction of sp³-hybridized carbons (Fsp3) is 0.304. The molecule has 3 aromatic rings. The van der Waals surface area contributed by atoms with Crippen LogP contribution in [0.5, 0.6) is 5.75 Å². The summed E-state index contributed by atoms with van der Waals surface area (Å²) >= 11 is 0. The second-order valence-corrected chi connectivity index (χ2v) is 6.75. The number of nitrogens with one attached hydrogen (secondary N) is 2. The molecule has 0 spiro atoms. The van der Waals surface area contributed by atoms with Crippen molar-refractivity contribution >= 4 is 29.9 Å². The third-order valence-corrected chi connectivity index (χ3v) is 4.50. The van der Waals surface area contributed by atoms with E-state index < -0.39 is 0 Å². The van der Waals surface area contributed by atoms with Crippen LogP contribution in [0.25, 0.3) is 0 Å². The predicted octanol–water partition coefficient (Wildman–Crippen LogP) is 3.86. The van der Waals surface area contributed by atoms with Gasteiger partial charge in [-0.25, -0.2) is 4.99 Å². The lowest BCUT2D eigenvalue weighted by atomic mass is 10.1. The van der Waals surface area contributed by atoms with Crippen LogP contribution >= 0.6 is 24.0 Å². The first kappa shape index (κ1) is 23.7. The second kappa shape index (κ2) is 12.9. The summed E-state index contributed by atoms with van der Waals surface area (Å²) in [6.07, 6.45) is 4.86. The fourth-order valence-electron chi connectivity index (χ4n) is 2.97. The van der Waals surface area contributed by atoms with Gasteiger partial charge in [0.05, 0.1) is 26.4 Å². The Kier molecular flexibility index (Phi) is 10.2. The van der Waals surface area contributed by atoms with Crippen LogP contribution in [0.1, 0.15) is 23.6 Å². The van der Waals surface area contributed by atoms with Gasteiger partial charge >= 0.3 is 0 Å². The molecule has 0 radical (unpaired) electrons. The Bertz CT molecular complexity index is 893. The first-order valence-electron chi connectivity index (χ1n) is 9.97. The van der Waals surface area contributed by atoms with E-state index in [1.54, 1.807) is 7.11 Å². The van der Waals surface area contributed by atoms with E-state index in [0.717, 1.165) is 43.3 Å². The molecule has 0 bridgehead atoms. The highest BCUT2D eigenvalue weighted by Crippen LogP contribution is 2.11. The first-order valence-corrected chi connectivity index (χ1v) is 9.97. The van der Waals surface area contributed by atoms with Gasteiger partial charge in [0.15, 0.2) is 5.96 Å². The number of hydrogen-bond donors (Lipinski definition) is 2. The summed E-state index contributed by atoms with van der Waals surface area (Å²) in [6.45, 7) is 5.06. The summed E-state index contributed by atoms with van der Waals surface area (Å²) in [4.78, 5) is 4.68. The van der Waals surface area contributed by atoms with E-state index in [0.29, 0.717) is 6.54 Å². The first-order chi connectivity index (χ1) is 14.3. The lowest BCUT2D eigenvalue weighted by molar-refractivity contribution is 0.414. The summed E-state index contributed by atoms with van der Waals surface area (Å²) in [5, 5.41) is 11.1. The van der Waals surface area contributed by atoms with Gasteiger partial charge in [0.1, 0.15) is 5.75 Å². The maximum Gasteiger partial charge on any atom is 0.191 e. The molecule has 3 rings (SSSR count). The molecule has 0 atom stereocenters. The molecule has 30 heavy (non-hydrogen) atoms. The molecule has 0 unspecified atom stereocenters. The van der Waals surface area contributed by atoms with Gasteiger partial charge in [0.2, 0.25) is 0 Å². The van der Waals surface area contributed by atoms with Gasteiger partial charge in [-0.1, -0.05) is 42.5 Å². The van der Waals surface area contributed by atoms with E-state index in [-0.39, 0.29) is 24.0 Å². The SMILES string of the molecule is CCNC(=NCc1cnn(Cc2ccccc2)c1)NCCc1ccc(OC)cc1.I. The Labute approximate surface area is 195 Å². The Morgan fingerprint density at radius 1 is 1.00 bits per heavy atom. The highest BCUT2D eigenvalue weighted by atomic mass is 127. The van der Waals surface area contributed by atoms with Crippen molar-refractivity contribution in [2.45, 2.75) is 26.4 Å². The van der Waals surface area contributed by atoms with Crippen molar-refractivity contribution < 1.29 is 4.74 Å². The number of ether oxygens (including phenoxy) is 1. The Hall–Kier alpha value is -2.55. The molecule has 7 heteroatoms. The maximum atomic E-state index is 5.20. The molecule has 6 nitrogen and oxygen atoms in total. The summed E-state index contributed by atoms with van der Waals surface area (Å²) in [5.74, 6) is 1.70. The third-order valence-electron chi connectivity index (χ3n) is 4.50. The summed E-state index contributed by atoms with van der Waals surface area (Å²) in [6, 6.07) is 18.5. The number of guanidine groups is 1. The smallest absolute Gasteiger partial charge is 0.191 e. The van der Waals surface area contributed by atoms with Gasteiger partial charge in [0, 0.05) is 24.8 Å². The highest BCUT2D eigenvalue weighted by molar-refractivity contribution is 14.0. The van der Waals surface area contributed by atoms with E-state index in [1.807, 2.05) is 41.2 Å². The highest BCUT2D eigenvalue weighted by Gasteiger charge is 2.02. The van der Waals surface area contributed by atoms with Gasteiger partial charge in [0.25, 0.3) is 0 Å². The summed E-state index contributed by atoms with van der Waals surface area (Å²) in [7, 11) is 1.68. The quantitative estimate of drug-likeness (QED) is 0.256. The van der Waals surface area contributed by atoms with Crippen molar-refractivity contribution in [1.82, 2.24) is 20.4 Å². The minimum Gasteiger partial charge on any atom is -0.497 e. The van der Waals surface area contributed by atoms with Crippen molar-refractivity contribution in [2.24, 2.45) is 4.99 Å². The molecular formula is C23H30IN5O. The standard InChI is InChI=1S/C23H29N5O.HI/c1-3-24-23(25-14-13-19-9-11-22(29-2)12-10-19)26-15-21-16-27-28(18-21)17-20-7-5-4-6-8-20;/h4-12,16,18H,3,13-15,17H2,1-2H3,(H2,24,25,26);1H. The molecular weight excluding hydrogens is 489 g/mol. The minimum absolute atomic E-state index is 0. The zero-order chi connectivity index (χ0) is 20.3. The average Bonchev–Trinajstić information content (AvgIpc) is 3.20. The monoisotopic (exact) mass is 519 g/mol. The van der Waals surface area contributed by atoms with E-state index in [2.05, 4.69) is 58.1 Å². The van der Waals surface area contributed by atoms with E-state index in [1.165, 1.54) is 11.1 Å². The molecule has 160 valence electrons. The topological polar surface area (TPSA) is 63.5 Å². The van der Waals surface area contributed by atoms with Crippen molar-refractivity contribution in [1.29, 1.82) is 0 Å². The van der Waals surface area contributed by atoms with Crippen molar-refractivity contribution in [3.63, 3.8) is 0 Å². The molecule has 0 saturated carbocycles. The van der Waals surface area contributed by atoms with Gasteiger partial charge in [-0.05, 0) is 36.6 Å². The summed E-state index contributed by atoms with van der Waals surface area (Å²) < 4.78 is 7.15. The zero-order valence-electron chi connectivity index (χ0n) is 17.5. The molecule has 0 saturated heterocycles. The molecule has 2 aromatic carbocycles. The maximum absolute atomic E-state index is 5.20. The van der Waals surface area contributed by atoms with Gasteiger partial charge in [-0.15, -0.1) is 24.0 Å². The molecule has 0 amide bonds. The summed E-state index contributed by atoms with van der Waals surface area (Å²) in [5.41, 5.74) is 3.59. The molecule has 1 heterocycles. The fourth-order valence-corrected chi connectivity index (χ4v) is 2.97. The van der Waals surface area contributed by atoms with E-state index >= 15 is 0 Å². The van der Waals surface area contributed by atoms with Crippen molar-refractivity contribution in [2.75, 3.05) is 20.2 Å². The molecule has 0 aliphatic rings. The average molecular weight is 519 g/mol. The number of methoxy groups -OCH3 is 1. The van der Waals surface area contributed by atoms with Crippen molar-refractivity contribution in [3.05, 3.63) is 83.7 Å². The normalized spacial score (nSPS) is 10.9. The van der Waals surface area contributed by atoms with Crippen LogP contribution in [-0.4, -0.2) is 35.9 Å². The van der Waals surface area contributed by atoms with Crippen LogP contribution in [0.15, 0.2) is 72.0 Å². The number of aromatic nitrogens is 2. The molecule has 0 fully saturated rings. The minimum atomic E-state index is 0. The second-order valence-electron chi connectivity index (χ2n) is 6.75. The van der Waals surface area contributed by atoms with E-state index in [4.69, 9.17) is 4.74 Å². The number of halogens is 1. The Morgan fingerprint density at radius 2 is 1.77 bits per heavy atom. The molecule has 0 aliphatic heterocycles. The largest absolute Gasteiger partial charge is 0.497 e. The van der Waals surface area contributed by atoms with Gasteiger partial charge in [-0.2, -0.15) is 5.10 Å². The van der Waals surface area contributed by atoms with Crippen LogP contribution in [0.2, 0.25) is 0 Å². The van der Waals surface area contributed by atoms with E-state index in [9.17, 15) is 0 Å². The number of benzene rings is 2. The van der Waals surface area contributed by atoms with Gasteiger partial charge in [-0.3, -0.25) is 4.68 Å². The lowest BCUT2D eigenvalue weighted by Gasteiger charge is -2.11. The molecule has 1 aromatic heterocycles. The van der Waals surface area contributed by atoms with Crippen LogP contribution in [-0.2, 0) is 19.5 Å². The third kappa shape index (κ3) is 7.70. The number of rotatable bonds is 9. The van der Waals surface area contributed by atoms with Crippen molar-refractivity contribution in [3.8, 4) is 5.75 Å². The van der Waals surface area contributed by atoms with Crippen LogP contribution in [0.4, 0.5) is 0 Å². The van der Waals surface area contributed by atoms with Crippen LogP contribution < -0.4 is 15.4 Å². The Morgan fingerprint density at radius 3 is 2.47 bits per heavy atom. The zero-order valence-corrected chi connectivity index (χ0v) is 19.9. The lowest BCUT2D eigenvalue weighted by Crippen LogP contribution is -2.38. The van der Waals surface area contributed by atoms with Crippen LogP contribution in [0, 0.1) is 0 Å². The van der Waals surface area contributed by atoms with Gasteiger partial charge < -0.3 is 15.4 Å². The molecule has 2 N–H and O–H groups in total. The molecule has 0 aliphatic carbocycles. The predicted molar refractivity (Wildman–Crippen MR) is 133 cm³/mol. The number of aliphatic imine (C=N–C) groups is 1. The van der Waals surface area contributed by atoms with Crippen LogP contribution in [0.3, 0.4) is 0 Å². The number of hydrogen-bond acceptors (Lipinski definition) is 3.